The third-order valence-electron chi connectivity index (χ3n) is 5.40. The molecule has 1 aliphatic carbocycles. The lowest BCUT2D eigenvalue weighted by Gasteiger charge is -2.20. The van der Waals surface area contributed by atoms with Gasteiger partial charge in [-0.2, -0.15) is 0 Å². The highest BCUT2D eigenvalue weighted by molar-refractivity contribution is 5.70. The first-order valence-corrected chi connectivity index (χ1v) is 9.81. The van der Waals surface area contributed by atoms with Crippen LogP contribution in [-0.4, -0.2) is 30.6 Å². The fraction of sp³-hybridized carbons (Fsp3) is 0.417. The van der Waals surface area contributed by atoms with E-state index >= 15 is 0 Å². The van der Waals surface area contributed by atoms with Crippen molar-refractivity contribution in [2.45, 2.75) is 38.5 Å². The van der Waals surface area contributed by atoms with E-state index in [0.29, 0.717) is 11.7 Å². The number of hydrogen-bond acceptors (Lipinski definition) is 2. The largest absolute Gasteiger partial charge is 0.508 e. The van der Waals surface area contributed by atoms with Gasteiger partial charge in [0.15, 0.2) is 0 Å². The molecule has 0 saturated heterocycles. The normalized spacial score (nSPS) is 18.2. The zero-order valence-corrected chi connectivity index (χ0v) is 16.1. The molecule has 0 aromatic heterocycles. The summed E-state index contributed by atoms with van der Waals surface area (Å²) < 4.78 is 0. The Labute approximate surface area is 158 Å². The van der Waals surface area contributed by atoms with E-state index in [1.54, 1.807) is 11.6 Å². The Morgan fingerprint density at radius 1 is 1.04 bits per heavy atom. The number of likely N-dealkylation sites (N-methyl/N-ethyl adjacent to an activating group) is 1. The lowest BCUT2D eigenvalue weighted by molar-refractivity contribution is 0.434. The molecular weight excluding hydrogens is 318 g/mol. The maximum atomic E-state index is 9.97. The minimum atomic E-state index is 0.365. The molecule has 0 bridgehead atoms. The second kappa shape index (κ2) is 9.05. The van der Waals surface area contributed by atoms with Crippen LogP contribution in [0.15, 0.2) is 60.2 Å². The van der Waals surface area contributed by atoms with E-state index in [9.17, 15) is 5.11 Å². The van der Waals surface area contributed by atoms with Crippen LogP contribution in [0, 0.1) is 5.92 Å². The number of aromatic hydroxyl groups is 1. The topological polar surface area (TPSA) is 23.5 Å². The molecule has 1 aliphatic rings. The highest BCUT2D eigenvalue weighted by atomic mass is 16.3. The number of allylic oxidation sites excluding steroid dienone is 1. The first kappa shape index (κ1) is 18.7. The van der Waals surface area contributed by atoms with Crippen molar-refractivity contribution in [3.63, 3.8) is 0 Å². The van der Waals surface area contributed by atoms with Gasteiger partial charge in [-0.25, -0.2) is 0 Å². The van der Waals surface area contributed by atoms with Gasteiger partial charge >= 0.3 is 0 Å². The van der Waals surface area contributed by atoms with Crippen molar-refractivity contribution in [2.24, 2.45) is 5.92 Å². The van der Waals surface area contributed by atoms with Crippen molar-refractivity contribution in [2.75, 3.05) is 20.6 Å². The number of nitrogens with zero attached hydrogens (tertiary/aromatic N) is 1. The van der Waals surface area contributed by atoms with Gasteiger partial charge in [0.2, 0.25) is 0 Å². The predicted molar refractivity (Wildman–Crippen MR) is 110 cm³/mol. The Bertz CT molecular complexity index is 733. The van der Waals surface area contributed by atoms with Gasteiger partial charge < -0.3 is 10.0 Å². The van der Waals surface area contributed by atoms with E-state index in [2.05, 4.69) is 55.4 Å². The fourth-order valence-corrected chi connectivity index (χ4v) is 4.12. The van der Waals surface area contributed by atoms with Gasteiger partial charge in [-0.3, -0.25) is 0 Å². The molecule has 2 nitrogen and oxygen atoms in total. The van der Waals surface area contributed by atoms with Gasteiger partial charge in [0.1, 0.15) is 5.75 Å². The van der Waals surface area contributed by atoms with Crippen molar-refractivity contribution in [1.82, 2.24) is 4.90 Å². The molecule has 0 radical (unpaired) electrons. The molecule has 0 aliphatic heterocycles. The summed E-state index contributed by atoms with van der Waals surface area (Å²) >= 11 is 0. The molecule has 2 aromatic rings. The molecule has 1 atom stereocenters. The summed E-state index contributed by atoms with van der Waals surface area (Å²) in [5, 5.41) is 9.97. The summed E-state index contributed by atoms with van der Waals surface area (Å²) in [4.78, 5) is 2.27. The van der Waals surface area contributed by atoms with E-state index in [1.807, 2.05) is 12.1 Å². The van der Waals surface area contributed by atoms with Gasteiger partial charge in [0.25, 0.3) is 0 Å². The van der Waals surface area contributed by atoms with Crippen LogP contribution in [0.2, 0.25) is 0 Å². The Hall–Kier alpha value is -2.06. The summed E-state index contributed by atoms with van der Waals surface area (Å²) in [7, 11) is 4.29. The minimum Gasteiger partial charge on any atom is -0.508 e. The van der Waals surface area contributed by atoms with Gasteiger partial charge in [-0.15, -0.1) is 0 Å². The first-order valence-electron chi connectivity index (χ1n) is 9.81. The van der Waals surface area contributed by atoms with Crippen LogP contribution in [0.25, 0.3) is 5.57 Å². The zero-order chi connectivity index (χ0) is 18.4. The van der Waals surface area contributed by atoms with E-state index in [1.165, 1.54) is 42.4 Å². The third-order valence-corrected chi connectivity index (χ3v) is 5.40. The monoisotopic (exact) mass is 349 g/mol. The smallest absolute Gasteiger partial charge is 0.116 e. The summed E-state index contributed by atoms with van der Waals surface area (Å²) in [6.07, 6.45) is 7.25. The minimum absolute atomic E-state index is 0.365. The molecular formula is C24H31NO. The van der Waals surface area contributed by atoms with Crippen molar-refractivity contribution in [1.29, 1.82) is 0 Å². The molecule has 1 N–H and O–H groups in total. The van der Waals surface area contributed by atoms with Crippen LogP contribution in [0.1, 0.15) is 43.2 Å². The maximum absolute atomic E-state index is 9.97. The molecule has 26 heavy (non-hydrogen) atoms. The van der Waals surface area contributed by atoms with Crippen molar-refractivity contribution < 1.29 is 5.11 Å². The molecule has 0 heterocycles. The zero-order valence-electron chi connectivity index (χ0n) is 16.1. The number of aryl methyl sites for hydroxylation is 1. The van der Waals surface area contributed by atoms with Crippen LogP contribution in [0.5, 0.6) is 5.75 Å². The van der Waals surface area contributed by atoms with Gasteiger partial charge in [-0.05, 0) is 87.4 Å². The van der Waals surface area contributed by atoms with E-state index < -0.39 is 0 Å². The van der Waals surface area contributed by atoms with Crippen LogP contribution in [0.4, 0.5) is 0 Å². The van der Waals surface area contributed by atoms with Crippen molar-refractivity contribution >= 4 is 5.57 Å². The Morgan fingerprint density at radius 3 is 2.58 bits per heavy atom. The molecule has 0 fully saturated rings. The number of phenolic OH excluding ortho intramolecular Hbond substituents is 1. The number of benzene rings is 2. The van der Waals surface area contributed by atoms with Crippen molar-refractivity contribution in [3.05, 3.63) is 71.3 Å². The summed E-state index contributed by atoms with van der Waals surface area (Å²) in [5.41, 5.74) is 5.65. The number of hydrogen-bond donors (Lipinski definition) is 1. The fourth-order valence-electron chi connectivity index (χ4n) is 4.12. The third kappa shape index (κ3) is 5.22. The highest BCUT2D eigenvalue weighted by Crippen LogP contribution is 2.37. The van der Waals surface area contributed by atoms with Crippen LogP contribution in [-0.2, 0) is 6.42 Å². The SMILES string of the molecule is CN(C)CC1=C(c2cccc(O)c2)CC(CCc2ccccc2)CCC1. The van der Waals surface area contributed by atoms with Crippen molar-refractivity contribution in [3.8, 4) is 5.75 Å². The lowest BCUT2D eigenvalue weighted by Crippen LogP contribution is -2.16. The second-order valence-electron chi connectivity index (χ2n) is 7.86. The molecule has 2 aromatic carbocycles. The van der Waals surface area contributed by atoms with E-state index in [-0.39, 0.29) is 0 Å². The highest BCUT2D eigenvalue weighted by Gasteiger charge is 2.21. The van der Waals surface area contributed by atoms with Crippen LogP contribution < -0.4 is 0 Å². The predicted octanol–water partition coefficient (Wildman–Crippen LogP) is 5.53. The molecule has 0 spiro atoms. The molecule has 2 heteroatoms. The quantitative estimate of drug-likeness (QED) is 0.741. The Balaban J connectivity index is 1.80. The molecule has 0 amide bonds. The lowest BCUT2D eigenvalue weighted by atomic mass is 9.88. The van der Waals surface area contributed by atoms with Gasteiger partial charge in [0, 0.05) is 6.54 Å². The summed E-state index contributed by atoms with van der Waals surface area (Å²) in [6.45, 7) is 1.01. The molecule has 1 unspecified atom stereocenters. The van der Waals surface area contributed by atoms with E-state index in [4.69, 9.17) is 0 Å². The summed E-state index contributed by atoms with van der Waals surface area (Å²) in [6, 6.07) is 18.7. The van der Waals surface area contributed by atoms with Gasteiger partial charge in [-0.1, -0.05) is 48.0 Å². The number of rotatable bonds is 6. The average Bonchev–Trinajstić information content (AvgIpc) is 2.83. The standard InChI is InChI=1S/C24H31NO/c1-25(2)18-22-12-6-10-20(15-14-19-8-4-3-5-9-19)16-24(22)21-11-7-13-23(26)17-21/h3-5,7-9,11,13,17,20,26H,6,10,12,14-16,18H2,1-2H3. The number of phenols is 1. The summed E-state index contributed by atoms with van der Waals surface area (Å²) in [5.74, 6) is 1.08. The van der Waals surface area contributed by atoms with E-state index in [0.717, 1.165) is 19.4 Å². The Kier molecular flexibility index (Phi) is 6.51. The Morgan fingerprint density at radius 2 is 1.85 bits per heavy atom. The van der Waals surface area contributed by atoms with Crippen LogP contribution in [0.3, 0.4) is 0 Å². The molecule has 138 valence electrons. The molecule has 3 rings (SSSR count). The average molecular weight is 350 g/mol. The maximum Gasteiger partial charge on any atom is 0.116 e. The second-order valence-corrected chi connectivity index (χ2v) is 7.86. The first-order chi connectivity index (χ1) is 12.6. The van der Waals surface area contributed by atoms with Gasteiger partial charge in [0.05, 0.1) is 0 Å². The molecule has 0 saturated carbocycles. The van der Waals surface area contributed by atoms with Crippen LogP contribution >= 0.6 is 0 Å².